The molecule has 0 aliphatic carbocycles. The highest BCUT2D eigenvalue weighted by atomic mass is 19.1. The molecular formula is C16H26FNO. The number of hydrogen-bond acceptors (Lipinski definition) is 2. The molecule has 0 aromatic heterocycles. The average molecular weight is 267 g/mol. The van der Waals surface area contributed by atoms with Gasteiger partial charge in [0.1, 0.15) is 5.82 Å². The smallest absolute Gasteiger partial charge is 0.126 e. The van der Waals surface area contributed by atoms with Crippen molar-refractivity contribution >= 4 is 0 Å². The molecule has 3 heteroatoms. The van der Waals surface area contributed by atoms with Crippen LogP contribution in [-0.4, -0.2) is 17.7 Å². The maximum atomic E-state index is 13.3. The Hall–Kier alpha value is -0.930. The minimum absolute atomic E-state index is 0.00332. The van der Waals surface area contributed by atoms with Crippen molar-refractivity contribution in [3.8, 4) is 0 Å². The summed E-state index contributed by atoms with van der Waals surface area (Å²) in [5.41, 5.74) is 1.36. The number of aryl methyl sites for hydroxylation is 1. The van der Waals surface area contributed by atoms with Crippen LogP contribution in [0.1, 0.15) is 50.8 Å². The van der Waals surface area contributed by atoms with Crippen LogP contribution >= 0.6 is 0 Å². The number of benzene rings is 1. The summed E-state index contributed by atoms with van der Waals surface area (Å²) in [5, 5.41) is 13.9. The van der Waals surface area contributed by atoms with Gasteiger partial charge in [0.15, 0.2) is 0 Å². The van der Waals surface area contributed by atoms with Gasteiger partial charge in [-0.15, -0.1) is 0 Å². The normalized spacial score (nSPS) is 14.7. The van der Waals surface area contributed by atoms with Crippen molar-refractivity contribution in [1.82, 2.24) is 5.32 Å². The highest BCUT2D eigenvalue weighted by Gasteiger charge is 2.23. The molecule has 0 amide bonds. The van der Waals surface area contributed by atoms with Crippen LogP contribution in [0.3, 0.4) is 0 Å². The molecule has 0 aliphatic heterocycles. The second kappa shape index (κ2) is 7.61. The minimum Gasteiger partial charge on any atom is -0.387 e. The number of hydrogen-bond donors (Lipinski definition) is 2. The molecular weight excluding hydrogens is 241 g/mol. The van der Waals surface area contributed by atoms with Crippen molar-refractivity contribution < 1.29 is 9.50 Å². The Labute approximate surface area is 116 Å². The minimum atomic E-state index is -0.601. The second-order valence-corrected chi connectivity index (χ2v) is 5.53. The van der Waals surface area contributed by atoms with Crippen LogP contribution in [0, 0.1) is 18.7 Å². The fraction of sp³-hybridized carbons (Fsp3) is 0.625. The van der Waals surface area contributed by atoms with E-state index in [-0.39, 0.29) is 11.9 Å². The van der Waals surface area contributed by atoms with Crippen LogP contribution in [-0.2, 0) is 0 Å². The molecule has 0 radical (unpaired) electrons. The van der Waals surface area contributed by atoms with Gasteiger partial charge in [0, 0.05) is 6.04 Å². The zero-order valence-corrected chi connectivity index (χ0v) is 12.4. The van der Waals surface area contributed by atoms with Gasteiger partial charge in [0.05, 0.1) is 6.10 Å². The third kappa shape index (κ3) is 4.59. The molecule has 2 atom stereocenters. The van der Waals surface area contributed by atoms with Crippen molar-refractivity contribution in [2.75, 3.05) is 6.54 Å². The van der Waals surface area contributed by atoms with E-state index >= 15 is 0 Å². The topological polar surface area (TPSA) is 32.3 Å². The van der Waals surface area contributed by atoms with Crippen LogP contribution in [0.2, 0.25) is 0 Å². The van der Waals surface area contributed by atoms with E-state index in [1.807, 2.05) is 0 Å². The second-order valence-electron chi connectivity index (χ2n) is 5.53. The van der Waals surface area contributed by atoms with Gasteiger partial charge < -0.3 is 10.4 Å². The first kappa shape index (κ1) is 16.1. The SMILES string of the molecule is CCCCNC(C(C)C)C(O)c1ccc(F)c(C)c1. The van der Waals surface area contributed by atoms with E-state index in [4.69, 9.17) is 0 Å². The summed E-state index contributed by atoms with van der Waals surface area (Å²) in [7, 11) is 0. The van der Waals surface area contributed by atoms with E-state index in [0.29, 0.717) is 11.5 Å². The zero-order valence-electron chi connectivity index (χ0n) is 12.4. The number of nitrogens with one attached hydrogen (secondary N) is 1. The van der Waals surface area contributed by atoms with Crippen molar-refractivity contribution in [3.05, 3.63) is 35.1 Å². The zero-order chi connectivity index (χ0) is 14.4. The molecule has 0 bridgehead atoms. The number of aliphatic hydroxyl groups excluding tert-OH is 1. The number of aliphatic hydroxyl groups is 1. The summed E-state index contributed by atoms with van der Waals surface area (Å²) in [6, 6.07) is 4.83. The lowest BCUT2D eigenvalue weighted by Gasteiger charge is -2.28. The van der Waals surface area contributed by atoms with Crippen LogP contribution < -0.4 is 5.32 Å². The van der Waals surface area contributed by atoms with Gasteiger partial charge in [-0.05, 0) is 43.0 Å². The molecule has 1 rings (SSSR count). The molecule has 2 N–H and O–H groups in total. The number of unbranched alkanes of at least 4 members (excludes halogenated alkanes) is 1. The molecule has 2 nitrogen and oxygen atoms in total. The third-order valence-electron chi connectivity index (χ3n) is 3.49. The lowest BCUT2D eigenvalue weighted by Crippen LogP contribution is -2.39. The molecule has 0 fully saturated rings. The lowest BCUT2D eigenvalue weighted by molar-refractivity contribution is 0.105. The Morgan fingerprint density at radius 2 is 2.00 bits per heavy atom. The van der Waals surface area contributed by atoms with Gasteiger partial charge in [0.25, 0.3) is 0 Å². The van der Waals surface area contributed by atoms with Crippen LogP contribution in [0.25, 0.3) is 0 Å². The van der Waals surface area contributed by atoms with E-state index in [1.165, 1.54) is 6.07 Å². The molecule has 0 saturated carbocycles. The maximum Gasteiger partial charge on any atom is 0.126 e. The van der Waals surface area contributed by atoms with Crippen molar-refractivity contribution in [2.24, 2.45) is 5.92 Å². The Morgan fingerprint density at radius 1 is 1.32 bits per heavy atom. The largest absolute Gasteiger partial charge is 0.387 e. The molecule has 2 unspecified atom stereocenters. The first-order valence-corrected chi connectivity index (χ1v) is 7.14. The first-order valence-electron chi connectivity index (χ1n) is 7.14. The van der Waals surface area contributed by atoms with Gasteiger partial charge in [-0.3, -0.25) is 0 Å². The summed E-state index contributed by atoms with van der Waals surface area (Å²) in [4.78, 5) is 0. The Morgan fingerprint density at radius 3 is 2.53 bits per heavy atom. The van der Waals surface area contributed by atoms with Crippen molar-refractivity contribution in [2.45, 2.75) is 52.7 Å². The van der Waals surface area contributed by atoms with Gasteiger partial charge in [0.2, 0.25) is 0 Å². The van der Waals surface area contributed by atoms with Crippen LogP contribution in [0.5, 0.6) is 0 Å². The number of rotatable bonds is 7. The predicted octanol–water partition coefficient (Wildman–Crippen LogP) is 3.58. The quantitative estimate of drug-likeness (QED) is 0.740. The lowest BCUT2D eigenvalue weighted by atomic mass is 9.92. The summed E-state index contributed by atoms with van der Waals surface area (Å²) in [6.45, 7) is 8.94. The highest BCUT2D eigenvalue weighted by Crippen LogP contribution is 2.23. The van der Waals surface area contributed by atoms with Crippen molar-refractivity contribution in [1.29, 1.82) is 0 Å². The average Bonchev–Trinajstić information content (AvgIpc) is 2.37. The number of halogens is 1. The van der Waals surface area contributed by atoms with E-state index < -0.39 is 6.10 Å². The van der Waals surface area contributed by atoms with Crippen LogP contribution in [0.15, 0.2) is 18.2 Å². The highest BCUT2D eigenvalue weighted by molar-refractivity contribution is 5.26. The molecule has 0 spiro atoms. The summed E-state index contributed by atoms with van der Waals surface area (Å²) in [6.07, 6.45) is 1.62. The van der Waals surface area contributed by atoms with Crippen LogP contribution in [0.4, 0.5) is 4.39 Å². The van der Waals surface area contributed by atoms with E-state index in [0.717, 1.165) is 24.9 Å². The maximum absolute atomic E-state index is 13.3. The van der Waals surface area contributed by atoms with Gasteiger partial charge in [-0.2, -0.15) is 0 Å². The molecule has 0 aliphatic rings. The Bertz CT molecular complexity index is 392. The molecule has 19 heavy (non-hydrogen) atoms. The van der Waals surface area contributed by atoms with E-state index in [2.05, 4.69) is 26.1 Å². The van der Waals surface area contributed by atoms with E-state index in [1.54, 1.807) is 19.1 Å². The fourth-order valence-corrected chi connectivity index (χ4v) is 2.22. The summed E-state index contributed by atoms with van der Waals surface area (Å²) < 4.78 is 13.3. The first-order chi connectivity index (χ1) is 8.97. The molecule has 0 heterocycles. The van der Waals surface area contributed by atoms with Gasteiger partial charge in [-0.25, -0.2) is 4.39 Å². The molecule has 108 valence electrons. The Balaban J connectivity index is 2.80. The molecule has 0 saturated heterocycles. The summed E-state index contributed by atoms with van der Waals surface area (Å²) >= 11 is 0. The summed E-state index contributed by atoms with van der Waals surface area (Å²) in [5.74, 6) is 0.0909. The van der Waals surface area contributed by atoms with Gasteiger partial charge in [-0.1, -0.05) is 39.3 Å². The van der Waals surface area contributed by atoms with E-state index in [9.17, 15) is 9.50 Å². The predicted molar refractivity (Wildman–Crippen MR) is 77.6 cm³/mol. The fourth-order valence-electron chi connectivity index (χ4n) is 2.22. The monoisotopic (exact) mass is 267 g/mol. The third-order valence-corrected chi connectivity index (χ3v) is 3.49. The standard InChI is InChI=1S/C16H26FNO/c1-5-6-9-18-15(11(2)3)16(19)13-7-8-14(17)12(4)10-13/h7-8,10-11,15-16,18-19H,5-6,9H2,1-4H3. The van der Waals surface area contributed by atoms with Gasteiger partial charge >= 0.3 is 0 Å². The molecule has 1 aromatic carbocycles. The molecule has 1 aromatic rings. The Kier molecular flexibility index (Phi) is 6.46. The van der Waals surface area contributed by atoms with Crippen molar-refractivity contribution in [3.63, 3.8) is 0 Å².